The van der Waals surface area contributed by atoms with Crippen molar-refractivity contribution in [3.8, 4) is 5.75 Å². The summed E-state index contributed by atoms with van der Waals surface area (Å²) in [5, 5.41) is 2.79. The largest absolute Gasteiger partial charge is 0.489 e. The van der Waals surface area contributed by atoms with E-state index in [-0.39, 0.29) is 17.9 Å². The quantitative estimate of drug-likeness (QED) is 0.784. The highest BCUT2D eigenvalue weighted by Crippen LogP contribution is 2.36. The van der Waals surface area contributed by atoms with E-state index in [0.29, 0.717) is 43.2 Å². The zero-order valence-corrected chi connectivity index (χ0v) is 18.4. The molecule has 3 saturated heterocycles. The van der Waals surface area contributed by atoms with Gasteiger partial charge in [0.05, 0.1) is 12.2 Å². The number of fused-ring (bicyclic) bond motifs is 3. The van der Waals surface area contributed by atoms with E-state index in [9.17, 15) is 9.59 Å². The van der Waals surface area contributed by atoms with E-state index in [1.807, 2.05) is 18.2 Å². The topological polar surface area (TPSA) is 71.1 Å². The second-order valence-corrected chi connectivity index (χ2v) is 9.97. The van der Waals surface area contributed by atoms with Gasteiger partial charge in [-0.3, -0.25) is 14.5 Å². The number of ether oxygens (including phenoxy) is 2. The molecule has 4 heterocycles. The smallest absolute Gasteiger partial charge is 0.255 e. The van der Waals surface area contributed by atoms with Crippen molar-refractivity contribution >= 4 is 11.8 Å². The van der Waals surface area contributed by atoms with Gasteiger partial charge >= 0.3 is 0 Å². The van der Waals surface area contributed by atoms with Gasteiger partial charge in [-0.2, -0.15) is 0 Å². The Morgan fingerprint density at radius 2 is 1.88 bits per heavy atom. The van der Waals surface area contributed by atoms with Crippen molar-refractivity contribution in [2.24, 2.45) is 0 Å². The molecule has 1 aromatic rings. The molecule has 7 nitrogen and oxygen atoms in total. The van der Waals surface area contributed by atoms with E-state index in [0.717, 1.165) is 36.5 Å². The zero-order chi connectivity index (χ0) is 21.8. The standard InChI is InChI=1S/C25H31N3O4/c1-15-5-10-22(24(29)26-15)28-12-16-11-17(8-9-20(16)25(28)30)32-23-4-2-3-21(23)27-13-18-6-7-19(14-27)31-18/h8-9,11,18-19,21-23H,1-7,10,12-14H2,(H,26,29). The van der Waals surface area contributed by atoms with Gasteiger partial charge in [-0.15, -0.1) is 0 Å². The first-order chi connectivity index (χ1) is 15.5. The van der Waals surface area contributed by atoms with Gasteiger partial charge in [-0.1, -0.05) is 6.58 Å². The molecule has 7 heteroatoms. The van der Waals surface area contributed by atoms with E-state index >= 15 is 0 Å². The monoisotopic (exact) mass is 437 g/mol. The summed E-state index contributed by atoms with van der Waals surface area (Å²) in [6.45, 7) is 6.33. The first kappa shape index (κ1) is 20.2. The number of allylic oxidation sites excluding steroid dienone is 1. The molecule has 170 valence electrons. The molecular weight excluding hydrogens is 406 g/mol. The lowest BCUT2D eigenvalue weighted by molar-refractivity contribution is -0.126. The Morgan fingerprint density at radius 1 is 1.06 bits per heavy atom. The fraction of sp³-hybridized carbons (Fsp3) is 0.600. The molecular formula is C25H31N3O4. The highest BCUT2D eigenvalue weighted by Gasteiger charge is 2.42. The molecule has 1 saturated carbocycles. The SMILES string of the molecule is C=C1CCC(N2Cc3cc(OC4CCCC4N4CC5CCC(C4)O5)ccc3C2=O)C(=O)N1. The first-order valence-corrected chi connectivity index (χ1v) is 12.0. The van der Waals surface area contributed by atoms with Crippen LogP contribution in [-0.4, -0.2) is 65.1 Å². The van der Waals surface area contributed by atoms with Crippen molar-refractivity contribution in [2.75, 3.05) is 13.1 Å². The lowest BCUT2D eigenvalue weighted by Crippen LogP contribution is -2.51. The summed E-state index contributed by atoms with van der Waals surface area (Å²) in [7, 11) is 0. The van der Waals surface area contributed by atoms with Crippen LogP contribution in [0.2, 0.25) is 0 Å². The molecule has 1 aromatic carbocycles. The van der Waals surface area contributed by atoms with Crippen LogP contribution in [0.3, 0.4) is 0 Å². The van der Waals surface area contributed by atoms with Gasteiger partial charge in [0.1, 0.15) is 17.9 Å². The van der Waals surface area contributed by atoms with E-state index in [1.165, 1.54) is 25.7 Å². The molecule has 5 unspecified atom stereocenters. The Morgan fingerprint density at radius 3 is 2.66 bits per heavy atom. The van der Waals surface area contributed by atoms with Crippen LogP contribution in [0.25, 0.3) is 0 Å². The maximum atomic E-state index is 13.0. The Hall–Kier alpha value is -2.38. The van der Waals surface area contributed by atoms with Crippen molar-refractivity contribution in [2.45, 2.75) is 81.9 Å². The van der Waals surface area contributed by atoms with Crippen LogP contribution >= 0.6 is 0 Å². The highest BCUT2D eigenvalue weighted by molar-refractivity contribution is 6.01. The predicted molar refractivity (Wildman–Crippen MR) is 118 cm³/mol. The number of nitrogens with zero attached hydrogens (tertiary/aromatic N) is 2. The molecule has 5 atom stereocenters. The molecule has 2 bridgehead atoms. The fourth-order valence-electron chi connectivity index (χ4n) is 6.26. The van der Waals surface area contributed by atoms with E-state index in [2.05, 4.69) is 16.8 Å². The van der Waals surface area contributed by atoms with Crippen LogP contribution in [0.5, 0.6) is 5.75 Å². The minimum Gasteiger partial charge on any atom is -0.489 e. The minimum atomic E-state index is -0.430. The van der Waals surface area contributed by atoms with Crippen molar-refractivity contribution < 1.29 is 19.1 Å². The van der Waals surface area contributed by atoms with Crippen molar-refractivity contribution in [3.05, 3.63) is 41.6 Å². The molecule has 5 aliphatic rings. The summed E-state index contributed by atoms with van der Waals surface area (Å²) in [6.07, 6.45) is 8.06. The number of amides is 2. The summed E-state index contributed by atoms with van der Waals surface area (Å²) in [4.78, 5) is 29.7. The van der Waals surface area contributed by atoms with Gasteiger partial charge < -0.3 is 19.7 Å². The van der Waals surface area contributed by atoms with Gasteiger partial charge in [0.2, 0.25) is 5.91 Å². The van der Waals surface area contributed by atoms with Crippen LogP contribution in [0, 0.1) is 0 Å². The number of nitrogens with one attached hydrogen (secondary N) is 1. The van der Waals surface area contributed by atoms with Gasteiger partial charge in [0.15, 0.2) is 0 Å². The number of hydrogen-bond donors (Lipinski definition) is 1. The number of piperidine rings is 1. The molecule has 1 N–H and O–H groups in total. The minimum absolute atomic E-state index is 0.0678. The summed E-state index contributed by atoms with van der Waals surface area (Å²) in [5.74, 6) is 0.627. The molecule has 0 spiro atoms. The van der Waals surface area contributed by atoms with Crippen LogP contribution in [-0.2, 0) is 16.1 Å². The Kier molecular flexibility index (Phi) is 4.99. The Balaban J connectivity index is 1.15. The number of morpholine rings is 1. The van der Waals surface area contributed by atoms with Gasteiger partial charge in [0.25, 0.3) is 5.91 Å². The number of rotatable bonds is 4. The third kappa shape index (κ3) is 3.52. The third-order valence-corrected chi connectivity index (χ3v) is 7.85. The molecule has 1 aliphatic carbocycles. The number of benzene rings is 1. The van der Waals surface area contributed by atoms with Crippen molar-refractivity contribution in [3.63, 3.8) is 0 Å². The first-order valence-electron chi connectivity index (χ1n) is 12.0. The lowest BCUT2D eigenvalue weighted by Gasteiger charge is -2.38. The Labute approximate surface area is 188 Å². The number of hydrogen-bond acceptors (Lipinski definition) is 5. The molecule has 6 rings (SSSR count). The van der Waals surface area contributed by atoms with Crippen LogP contribution in [0.1, 0.15) is 60.9 Å². The molecule has 2 amide bonds. The summed E-state index contributed by atoms with van der Waals surface area (Å²) in [5.41, 5.74) is 2.36. The molecule has 4 aliphatic heterocycles. The van der Waals surface area contributed by atoms with Gasteiger partial charge in [-0.25, -0.2) is 0 Å². The van der Waals surface area contributed by atoms with E-state index < -0.39 is 6.04 Å². The summed E-state index contributed by atoms with van der Waals surface area (Å²) in [6, 6.07) is 5.80. The predicted octanol–water partition coefficient (Wildman–Crippen LogP) is 2.60. The van der Waals surface area contributed by atoms with Crippen LogP contribution in [0.15, 0.2) is 30.5 Å². The van der Waals surface area contributed by atoms with E-state index in [4.69, 9.17) is 9.47 Å². The maximum absolute atomic E-state index is 13.0. The Bertz CT molecular complexity index is 951. The average Bonchev–Trinajstić information content (AvgIpc) is 3.46. The molecule has 32 heavy (non-hydrogen) atoms. The average molecular weight is 438 g/mol. The van der Waals surface area contributed by atoms with Crippen LogP contribution in [0.4, 0.5) is 0 Å². The number of carbonyl (C=O) groups is 2. The lowest BCUT2D eigenvalue weighted by atomic mass is 10.0. The number of carbonyl (C=O) groups excluding carboxylic acids is 2. The normalized spacial score (nSPS) is 34.7. The van der Waals surface area contributed by atoms with Crippen LogP contribution < -0.4 is 10.1 Å². The molecule has 0 radical (unpaired) electrons. The van der Waals surface area contributed by atoms with Gasteiger partial charge in [-0.05, 0) is 68.7 Å². The highest BCUT2D eigenvalue weighted by atomic mass is 16.5. The van der Waals surface area contributed by atoms with Gasteiger partial charge in [0, 0.05) is 36.9 Å². The fourth-order valence-corrected chi connectivity index (χ4v) is 6.26. The molecule has 0 aromatic heterocycles. The second-order valence-electron chi connectivity index (χ2n) is 9.97. The summed E-state index contributed by atoms with van der Waals surface area (Å²) < 4.78 is 12.5. The maximum Gasteiger partial charge on any atom is 0.255 e. The molecule has 4 fully saturated rings. The number of likely N-dealkylation sites (tertiary alicyclic amines) is 1. The van der Waals surface area contributed by atoms with Crippen molar-refractivity contribution in [1.82, 2.24) is 15.1 Å². The zero-order valence-electron chi connectivity index (χ0n) is 18.4. The second kappa shape index (κ2) is 7.89. The summed E-state index contributed by atoms with van der Waals surface area (Å²) >= 11 is 0. The van der Waals surface area contributed by atoms with Crippen molar-refractivity contribution in [1.29, 1.82) is 0 Å². The third-order valence-electron chi connectivity index (χ3n) is 7.85. The van der Waals surface area contributed by atoms with E-state index in [1.54, 1.807) is 4.90 Å².